The van der Waals surface area contributed by atoms with Crippen molar-refractivity contribution in [3.63, 3.8) is 0 Å². The van der Waals surface area contributed by atoms with Gasteiger partial charge >= 0.3 is 0 Å². The summed E-state index contributed by atoms with van der Waals surface area (Å²) in [6.07, 6.45) is 0. The molecular weight excluding hydrogens is 404 g/mol. The first-order chi connectivity index (χ1) is 13.9. The second-order valence-electron chi connectivity index (χ2n) is 5.76. The zero-order valence-corrected chi connectivity index (χ0v) is 15.9. The molecule has 10 heteroatoms. The normalized spacial score (nSPS) is 10.4. The Kier molecular flexibility index (Phi) is 6.03. The van der Waals surface area contributed by atoms with Crippen LogP contribution in [0.3, 0.4) is 0 Å². The lowest BCUT2D eigenvalue weighted by atomic mass is 10.1. The van der Waals surface area contributed by atoms with Crippen LogP contribution in [0.4, 0.5) is 14.5 Å². The number of amides is 2. The van der Waals surface area contributed by atoms with Crippen LogP contribution in [0, 0.1) is 11.6 Å². The molecule has 0 aliphatic carbocycles. The van der Waals surface area contributed by atoms with Gasteiger partial charge in [0.2, 0.25) is 0 Å². The summed E-state index contributed by atoms with van der Waals surface area (Å²) in [5, 5.41) is 4.12. The lowest BCUT2D eigenvalue weighted by Crippen LogP contribution is -2.17. The number of benzene rings is 2. The van der Waals surface area contributed by atoms with Gasteiger partial charge in [0, 0.05) is 17.0 Å². The highest BCUT2D eigenvalue weighted by Gasteiger charge is 2.17. The van der Waals surface area contributed by atoms with Crippen LogP contribution in [-0.4, -0.2) is 23.9 Å². The number of carbonyl (C=O) groups is 2. The van der Waals surface area contributed by atoms with Gasteiger partial charge in [-0.3, -0.25) is 9.59 Å². The van der Waals surface area contributed by atoms with E-state index < -0.39 is 29.0 Å². The lowest BCUT2D eigenvalue weighted by Gasteiger charge is -2.12. The summed E-state index contributed by atoms with van der Waals surface area (Å²) in [6.45, 7) is 0.224. The van der Waals surface area contributed by atoms with Crippen LogP contribution in [0.2, 0.25) is 0 Å². The Morgan fingerprint density at radius 2 is 1.97 bits per heavy atom. The molecular formula is C19H15F2N3O4S. The summed E-state index contributed by atoms with van der Waals surface area (Å²) in [6, 6.07) is 5.70. The molecule has 0 spiro atoms. The molecule has 29 heavy (non-hydrogen) atoms. The minimum atomic E-state index is -1.11. The van der Waals surface area contributed by atoms with Gasteiger partial charge in [0.05, 0.1) is 29.6 Å². The van der Waals surface area contributed by atoms with E-state index in [1.165, 1.54) is 36.6 Å². The minimum absolute atomic E-state index is 0.132. The van der Waals surface area contributed by atoms with E-state index in [4.69, 9.17) is 15.2 Å². The van der Waals surface area contributed by atoms with Crippen LogP contribution >= 0.6 is 11.3 Å². The van der Waals surface area contributed by atoms with Crippen molar-refractivity contribution in [2.24, 2.45) is 5.73 Å². The van der Waals surface area contributed by atoms with Crippen molar-refractivity contribution >= 4 is 28.8 Å². The van der Waals surface area contributed by atoms with Crippen molar-refractivity contribution in [2.75, 3.05) is 12.4 Å². The quantitative estimate of drug-likeness (QED) is 0.611. The molecule has 7 nitrogen and oxygen atoms in total. The summed E-state index contributed by atoms with van der Waals surface area (Å²) < 4.78 is 38.4. The number of methoxy groups -OCH3 is 1. The van der Waals surface area contributed by atoms with E-state index in [1.807, 2.05) is 5.38 Å². The van der Waals surface area contributed by atoms with Crippen LogP contribution in [0.5, 0.6) is 11.5 Å². The fraction of sp³-hybridized carbons (Fsp3) is 0.105. The van der Waals surface area contributed by atoms with Crippen molar-refractivity contribution in [3.05, 3.63) is 69.7 Å². The highest BCUT2D eigenvalue weighted by atomic mass is 32.1. The Morgan fingerprint density at radius 3 is 2.62 bits per heavy atom. The number of nitrogens with two attached hydrogens (primary N) is 1. The van der Waals surface area contributed by atoms with E-state index in [0.717, 1.165) is 11.8 Å². The molecule has 3 aromatic rings. The van der Waals surface area contributed by atoms with E-state index >= 15 is 0 Å². The lowest BCUT2D eigenvalue weighted by molar-refractivity contribution is 0.0992. The topological polar surface area (TPSA) is 104 Å². The molecule has 0 bridgehead atoms. The minimum Gasteiger partial charge on any atom is -0.493 e. The van der Waals surface area contributed by atoms with E-state index in [1.54, 1.807) is 5.51 Å². The number of primary amides is 1. The largest absolute Gasteiger partial charge is 0.493 e. The Bertz CT molecular complexity index is 1060. The number of hydrogen-bond acceptors (Lipinski definition) is 6. The Morgan fingerprint density at radius 1 is 1.17 bits per heavy atom. The van der Waals surface area contributed by atoms with Gasteiger partial charge in [-0.25, -0.2) is 13.8 Å². The average Bonchev–Trinajstić information content (AvgIpc) is 3.21. The number of aromatic nitrogens is 1. The van der Waals surface area contributed by atoms with Crippen molar-refractivity contribution in [2.45, 2.75) is 6.61 Å². The third-order valence-electron chi connectivity index (χ3n) is 3.86. The number of hydrogen-bond donors (Lipinski definition) is 2. The van der Waals surface area contributed by atoms with Gasteiger partial charge in [0.1, 0.15) is 18.2 Å². The van der Waals surface area contributed by atoms with Gasteiger partial charge in [0.25, 0.3) is 11.8 Å². The molecule has 0 radical (unpaired) electrons. The summed E-state index contributed by atoms with van der Waals surface area (Å²) in [5.74, 6) is -3.27. The van der Waals surface area contributed by atoms with E-state index in [2.05, 4.69) is 10.3 Å². The molecule has 3 rings (SSSR count). The number of nitrogens with zero attached hydrogens (tertiary/aromatic N) is 1. The maximum Gasteiger partial charge on any atom is 0.255 e. The van der Waals surface area contributed by atoms with E-state index in [9.17, 15) is 18.4 Å². The molecule has 2 aromatic carbocycles. The van der Waals surface area contributed by atoms with Gasteiger partial charge in [0.15, 0.2) is 11.5 Å². The molecule has 0 atom stereocenters. The summed E-state index contributed by atoms with van der Waals surface area (Å²) in [4.78, 5) is 27.8. The van der Waals surface area contributed by atoms with E-state index in [0.29, 0.717) is 11.8 Å². The first-order valence-corrected chi connectivity index (χ1v) is 9.11. The summed E-state index contributed by atoms with van der Waals surface area (Å²) in [5.41, 5.74) is 6.69. The van der Waals surface area contributed by atoms with Crippen LogP contribution in [0.25, 0.3) is 0 Å². The average molecular weight is 419 g/mol. The number of anilines is 1. The summed E-state index contributed by atoms with van der Waals surface area (Å²) in [7, 11) is 1.41. The first-order valence-electron chi connectivity index (χ1n) is 8.17. The molecule has 0 aliphatic rings. The maximum absolute atomic E-state index is 14.0. The number of halogens is 2. The Hall–Kier alpha value is -3.53. The SMILES string of the molecule is COc1cc(C(=O)Nc2cc(C(N)=O)c(F)cc2F)ccc1OCc1cscn1. The standard InChI is InChI=1S/C19H15F2N3O4S/c1-27-17-4-10(2-3-16(17)28-7-11-8-29-9-23-11)19(26)24-15-5-12(18(22)25)13(20)6-14(15)21/h2-6,8-9H,7H2,1H3,(H2,22,25)(H,24,26). The van der Waals surface area contributed by atoms with Crippen molar-refractivity contribution in [1.82, 2.24) is 4.98 Å². The molecule has 0 saturated carbocycles. The van der Waals surface area contributed by atoms with Crippen LogP contribution in [-0.2, 0) is 6.61 Å². The zero-order chi connectivity index (χ0) is 21.0. The van der Waals surface area contributed by atoms with Crippen LogP contribution in [0.1, 0.15) is 26.4 Å². The predicted molar refractivity (Wildman–Crippen MR) is 102 cm³/mol. The number of carbonyl (C=O) groups excluding carboxylic acids is 2. The number of nitrogens with one attached hydrogen (secondary N) is 1. The molecule has 0 fully saturated rings. The highest BCUT2D eigenvalue weighted by molar-refractivity contribution is 7.07. The monoisotopic (exact) mass is 419 g/mol. The Labute approximate surface area is 168 Å². The third-order valence-corrected chi connectivity index (χ3v) is 4.49. The molecule has 1 aromatic heterocycles. The highest BCUT2D eigenvalue weighted by Crippen LogP contribution is 2.29. The van der Waals surface area contributed by atoms with E-state index in [-0.39, 0.29) is 23.6 Å². The molecule has 150 valence electrons. The van der Waals surface area contributed by atoms with Gasteiger partial charge < -0.3 is 20.5 Å². The zero-order valence-electron chi connectivity index (χ0n) is 15.1. The molecule has 0 saturated heterocycles. The maximum atomic E-state index is 14.0. The second-order valence-corrected chi connectivity index (χ2v) is 6.48. The number of thiazole rings is 1. The fourth-order valence-corrected chi connectivity index (χ4v) is 2.96. The molecule has 3 N–H and O–H groups in total. The van der Waals surface area contributed by atoms with Crippen LogP contribution in [0.15, 0.2) is 41.2 Å². The van der Waals surface area contributed by atoms with Crippen molar-refractivity contribution < 1.29 is 27.8 Å². The van der Waals surface area contributed by atoms with Gasteiger partial charge in [-0.1, -0.05) is 0 Å². The van der Waals surface area contributed by atoms with Gasteiger partial charge in [-0.15, -0.1) is 11.3 Å². The van der Waals surface area contributed by atoms with Crippen LogP contribution < -0.4 is 20.5 Å². The second kappa shape index (κ2) is 8.65. The molecule has 2 amide bonds. The third kappa shape index (κ3) is 4.66. The first kappa shape index (κ1) is 20.2. The molecule has 0 unspecified atom stereocenters. The van der Waals surface area contributed by atoms with Gasteiger partial charge in [-0.05, 0) is 24.3 Å². The number of ether oxygens (including phenoxy) is 2. The molecule has 1 heterocycles. The smallest absolute Gasteiger partial charge is 0.255 e. The Balaban J connectivity index is 1.79. The predicted octanol–water partition coefficient (Wildman–Crippen LogP) is 3.36. The molecule has 0 aliphatic heterocycles. The summed E-state index contributed by atoms with van der Waals surface area (Å²) >= 11 is 1.44. The van der Waals surface area contributed by atoms with Gasteiger partial charge in [-0.2, -0.15) is 0 Å². The number of rotatable bonds is 7. The van der Waals surface area contributed by atoms with Crippen molar-refractivity contribution in [1.29, 1.82) is 0 Å². The fourth-order valence-electron chi connectivity index (χ4n) is 2.42. The van der Waals surface area contributed by atoms with Crippen molar-refractivity contribution in [3.8, 4) is 11.5 Å².